The first-order chi connectivity index (χ1) is 4.45. The van der Waals surface area contributed by atoms with Crippen molar-refractivity contribution in [1.82, 2.24) is 0 Å². The summed E-state index contributed by atoms with van der Waals surface area (Å²) < 4.78 is 18.9. The second kappa shape index (κ2) is 4.05. The first-order valence-electron chi connectivity index (χ1n) is 2.68. The van der Waals surface area contributed by atoms with E-state index in [1.165, 1.54) is 7.11 Å². The van der Waals surface area contributed by atoms with E-state index < -0.39 is 7.82 Å². The summed E-state index contributed by atoms with van der Waals surface area (Å²) in [6, 6.07) is 0. The third-order valence-corrected chi connectivity index (χ3v) is 1.37. The molecular weight excluding hydrogens is 159 g/mol. The maximum absolute atomic E-state index is 10.1. The highest BCUT2D eigenvalue weighted by atomic mass is 31.2. The van der Waals surface area contributed by atoms with Crippen molar-refractivity contribution in [2.75, 3.05) is 13.7 Å². The van der Waals surface area contributed by atoms with Crippen LogP contribution in [0.1, 0.15) is 6.92 Å². The Morgan fingerprint density at radius 1 is 1.60 bits per heavy atom. The molecule has 2 N–H and O–H groups in total. The third-order valence-electron chi connectivity index (χ3n) is 0.880. The van der Waals surface area contributed by atoms with Gasteiger partial charge in [-0.3, -0.25) is 4.52 Å². The number of hydrogen-bond donors (Lipinski definition) is 2. The normalized spacial score (nSPS) is 15.2. The standard InChI is InChI=1S/C4H11O5P/c1-4(8-2)3-9-10(5,6)7/h4H,3H2,1-2H3,(H2,5,6,7)/t4-/m1/s1. The van der Waals surface area contributed by atoms with E-state index >= 15 is 0 Å². The van der Waals surface area contributed by atoms with Gasteiger partial charge in [-0.25, -0.2) is 4.57 Å². The molecule has 0 unspecified atom stereocenters. The molecular formula is C4H11O5P. The van der Waals surface area contributed by atoms with Gasteiger partial charge in [-0.15, -0.1) is 0 Å². The van der Waals surface area contributed by atoms with Gasteiger partial charge >= 0.3 is 7.82 Å². The van der Waals surface area contributed by atoms with Crippen molar-refractivity contribution in [1.29, 1.82) is 0 Å². The van der Waals surface area contributed by atoms with Crippen molar-refractivity contribution < 1.29 is 23.6 Å². The molecule has 1 atom stereocenters. The predicted octanol–water partition coefficient (Wildman–Crippen LogP) is 0.131. The molecule has 0 heterocycles. The maximum Gasteiger partial charge on any atom is 0.469 e. The smallest absolute Gasteiger partial charge is 0.379 e. The molecule has 0 fully saturated rings. The van der Waals surface area contributed by atoms with Crippen molar-refractivity contribution in [3.05, 3.63) is 0 Å². The number of ether oxygens (including phenoxy) is 1. The fourth-order valence-corrected chi connectivity index (χ4v) is 0.674. The predicted molar refractivity (Wildman–Crippen MR) is 34.5 cm³/mol. The monoisotopic (exact) mass is 170 g/mol. The number of phosphoric ester groups is 1. The summed E-state index contributed by atoms with van der Waals surface area (Å²) in [6.45, 7) is 1.55. The number of phosphoric acid groups is 1. The molecule has 0 spiro atoms. The molecule has 5 nitrogen and oxygen atoms in total. The highest BCUT2D eigenvalue weighted by molar-refractivity contribution is 7.46. The Hall–Kier alpha value is 0.0700. The Kier molecular flexibility index (Phi) is 4.08. The van der Waals surface area contributed by atoms with Crippen LogP contribution in [0.3, 0.4) is 0 Å². The molecule has 0 aromatic carbocycles. The van der Waals surface area contributed by atoms with E-state index in [4.69, 9.17) is 9.79 Å². The van der Waals surface area contributed by atoms with Crippen LogP contribution in [0.4, 0.5) is 0 Å². The largest absolute Gasteiger partial charge is 0.469 e. The molecule has 0 aliphatic heterocycles. The lowest BCUT2D eigenvalue weighted by Crippen LogP contribution is -2.12. The Morgan fingerprint density at radius 2 is 2.10 bits per heavy atom. The average molecular weight is 170 g/mol. The summed E-state index contributed by atoms with van der Waals surface area (Å²) >= 11 is 0. The van der Waals surface area contributed by atoms with Crippen LogP contribution in [-0.2, 0) is 13.8 Å². The SMILES string of the molecule is CO[C@H](C)COP(=O)(O)O. The molecule has 0 amide bonds. The summed E-state index contributed by atoms with van der Waals surface area (Å²) in [5, 5.41) is 0. The fourth-order valence-electron chi connectivity index (χ4n) is 0.270. The molecule has 0 bridgehead atoms. The van der Waals surface area contributed by atoms with E-state index in [-0.39, 0.29) is 12.7 Å². The zero-order valence-corrected chi connectivity index (χ0v) is 6.75. The van der Waals surface area contributed by atoms with Crippen LogP contribution in [0.2, 0.25) is 0 Å². The van der Waals surface area contributed by atoms with Gasteiger partial charge in [-0.1, -0.05) is 0 Å². The van der Waals surface area contributed by atoms with Crippen LogP contribution < -0.4 is 0 Å². The van der Waals surface area contributed by atoms with Gasteiger partial charge in [0.15, 0.2) is 0 Å². The molecule has 0 aromatic heterocycles. The number of methoxy groups -OCH3 is 1. The highest BCUT2D eigenvalue weighted by Gasteiger charge is 2.14. The van der Waals surface area contributed by atoms with Gasteiger partial charge in [-0.2, -0.15) is 0 Å². The molecule has 0 aliphatic carbocycles. The van der Waals surface area contributed by atoms with Crippen LogP contribution in [-0.4, -0.2) is 29.6 Å². The lowest BCUT2D eigenvalue weighted by molar-refractivity contribution is 0.0575. The van der Waals surface area contributed by atoms with Crippen LogP contribution in [0, 0.1) is 0 Å². The fraction of sp³-hybridized carbons (Fsp3) is 1.00. The van der Waals surface area contributed by atoms with E-state index in [9.17, 15) is 4.57 Å². The third kappa shape index (κ3) is 6.19. The summed E-state index contributed by atoms with van der Waals surface area (Å²) in [5.41, 5.74) is 0. The van der Waals surface area contributed by atoms with E-state index in [0.717, 1.165) is 0 Å². The van der Waals surface area contributed by atoms with Crippen molar-refractivity contribution in [3.63, 3.8) is 0 Å². The zero-order valence-electron chi connectivity index (χ0n) is 5.85. The number of rotatable bonds is 4. The molecule has 0 saturated heterocycles. The minimum Gasteiger partial charge on any atom is -0.379 e. The molecule has 6 heteroatoms. The van der Waals surface area contributed by atoms with Crippen molar-refractivity contribution >= 4 is 7.82 Å². The molecule has 62 valence electrons. The van der Waals surface area contributed by atoms with E-state index in [1.54, 1.807) is 6.92 Å². The zero-order chi connectivity index (χ0) is 8.20. The Balaban J connectivity index is 3.46. The van der Waals surface area contributed by atoms with Crippen molar-refractivity contribution in [3.8, 4) is 0 Å². The minimum absolute atomic E-state index is 0.0965. The first-order valence-corrected chi connectivity index (χ1v) is 4.21. The Bertz CT molecular complexity index is 130. The van der Waals surface area contributed by atoms with Gasteiger partial charge in [0.25, 0.3) is 0 Å². The highest BCUT2D eigenvalue weighted by Crippen LogP contribution is 2.35. The van der Waals surface area contributed by atoms with Gasteiger partial charge in [0.05, 0.1) is 12.7 Å². The minimum atomic E-state index is -4.31. The average Bonchev–Trinajstić information content (AvgIpc) is 1.81. The second-order valence-electron chi connectivity index (χ2n) is 1.83. The molecule has 0 saturated carbocycles. The lowest BCUT2D eigenvalue weighted by atomic mass is 10.4. The van der Waals surface area contributed by atoms with Gasteiger partial charge in [0.1, 0.15) is 0 Å². The molecule has 10 heavy (non-hydrogen) atoms. The summed E-state index contributed by atoms with van der Waals surface area (Å²) in [6.07, 6.45) is -0.298. The van der Waals surface area contributed by atoms with E-state index in [1.807, 2.05) is 0 Å². The molecule has 0 aliphatic rings. The van der Waals surface area contributed by atoms with Gasteiger partial charge in [0.2, 0.25) is 0 Å². The lowest BCUT2D eigenvalue weighted by Gasteiger charge is -2.09. The van der Waals surface area contributed by atoms with Gasteiger partial charge in [-0.05, 0) is 6.92 Å². The summed E-state index contributed by atoms with van der Waals surface area (Å²) in [7, 11) is -2.87. The quantitative estimate of drug-likeness (QED) is 0.586. The van der Waals surface area contributed by atoms with Crippen LogP contribution in [0.5, 0.6) is 0 Å². The summed E-state index contributed by atoms with van der Waals surface area (Å²) in [4.78, 5) is 16.4. The van der Waals surface area contributed by atoms with Crippen LogP contribution >= 0.6 is 7.82 Å². The van der Waals surface area contributed by atoms with Gasteiger partial charge < -0.3 is 14.5 Å². The van der Waals surface area contributed by atoms with Crippen LogP contribution in [0.25, 0.3) is 0 Å². The first kappa shape index (κ1) is 10.1. The summed E-state index contributed by atoms with van der Waals surface area (Å²) in [5.74, 6) is 0. The topological polar surface area (TPSA) is 76.0 Å². The Morgan fingerprint density at radius 3 is 2.40 bits per heavy atom. The molecule has 0 radical (unpaired) electrons. The second-order valence-corrected chi connectivity index (χ2v) is 3.07. The molecule has 0 aromatic rings. The van der Waals surface area contributed by atoms with Crippen molar-refractivity contribution in [2.45, 2.75) is 13.0 Å². The molecule has 0 rings (SSSR count). The van der Waals surface area contributed by atoms with Gasteiger partial charge in [0, 0.05) is 7.11 Å². The maximum atomic E-state index is 10.1. The van der Waals surface area contributed by atoms with E-state index in [0.29, 0.717) is 0 Å². The van der Waals surface area contributed by atoms with Crippen LogP contribution in [0.15, 0.2) is 0 Å². The Labute approximate surface area is 59.2 Å². The number of hydrogen-bond acceptors (Lipinski definition) is 3. The van der Waals surface area contributed by atoms with Crippen molar-refractivity contribution in [2.24, 2.45) is 0 Å². The van der Waals surface area contributed by atoms with E-state index in [2.05, 4.69) is 9.26 Å².